The molecule has 1 heterocycles. The monoisotopic (exact) mass is 429 g/mol. The fourth-order valence-electron chi connectivity index (χ4n) is 3.56. The number of hydrogen-bond acceptors (Lipinski definition) is 5. The predicted molar refractivity (Wildman–Crippen MR) is 113 cm³/mol. The molecule has 2 aromatic rings. The summed E-state index contributed by atoms with van der Waals surface area (Å²) in [6.07, 6.45) is 0.659. The van der Waals surface area contributed by atoms with Crippen LogP contribution in [-0.4, -0.2) is 53.2 Å². The average Bonchev–Trinajstić information content (AvgIpc) is 3.01. The van der Waals surface area contributed by atoms with Crippen molar-refractivity contribution in [3.05, 3.63) is 82.1 Å². The number of Topliss-reactive ketones (excluding diaryl/α,β-unsaturated/α-hetero) is 1. The number of carbonyl (C=O) groups is 2. The van der Waals surface area contributed by atoms with Crippen molar-refractivity contribution in [2.24, 2.45) is 0 Å². The van der Waals surface area contributed by atoms with Crippen molar-refractivity contribution in [2.75, 3.05) is 26.4 Å². The van der Waals surface area contributed by atoms with Gasteiger partial charge in [0, 0.05) is 18.0 Å². The zero-order valence-corrected chi connectivity index (χ0v) is 17.2. The number of aryl methyl sites for hydroxylation is 1. The lowest BCUT2D eigenvalue weighted by Gasteiger charge is -2.27. The van der Waals surface area contributed by atoms with Crippen LogP contribution in [0.25, 0.3) is 0 Å². The zero-order chi connectivity index (χ0) is 21.5. The Balaban J connectivity index is 1.87. The minimum absolute atomic E-state index is 0.0613. The topological polar surface area (TPSA) is 87.1 Å². The van der Waals surface area contributed by atoms with E-state index in [2.05, 4.69) is 0 Å². The van der Waals surface area contributed by atoms with Crippen molar-refractivity contribution in [1.29, 1.82) is 0 Å². The first kappa shape index (κ1) is 22.0. The number of ketones is 1. The summed E-state index contributed by atoms with van der Waals surface area (Å²) >= 11 is 6.37. The highest BCUT2D eigenvalue weighted by Gasteiger charge is 2.43. The van der Waals surface area contributed by atoms with E-state index < -0.39 is 17.7 Å². The molecule has 1 amide bonds. The molecule has 0 bridgehead atoms. The normalized spacial score (nSPS) is 16.4. The van der Waals surface area contributed by atoms with Gasteiger partial charge in [-0.2, -0.15) is 0 Å². The Hall–Kier alpha value is -2.67. The maximum atomic E-state index is 13.1. The van der Waals surface area contributed by atoms with Crippen molar-refractivity contribution >= 4 is 23.3 Å². The Kier molecular flexibility index (Phi) is 7.63. The van der Waals surface area contributed by atoms with Crippen molar-refractivity contribution in [2.45, 2.75) is 18.9 Å². The number of halogens is 1. The summed E-state index contributed by atoms with van der Waals surface area (Å²) in [6, 6.07) is 15.7. The number of carbonyl (C=O) groups excluding carboxylic acids is 2. The fourth-order valence-corrected chi connectivity index (χ4v) is 3.80. The highest BCUT2D eigenvalue weighted by atomic mass is 35.5. The summed E-state index contributed by atoms with van der Waals surface area (Å²) in [7, 11) is 0. The number of hydrogen-bond donors (Lipinski definition) is 2. The molecular formula is C23H24ClNO5. The molecule has 0 saturated heterocycles. The lowest BCUT2D eigenvalue weighted by Crippen LogP contribution is -2.34. The third-order valence-corrected chi connectivity index (χ3v) is 5.34. The Labute approximate surface area is 180 Å². The van der Waals surface area contributed by atoms with Gasteiger partial charge >= 0.3 is 0 Å². The first-order valence-corrected chi connectivity index (χ1v) is 10.2. The first-order valence-electron chi connectivity index (χ1n) is 9.78. The summed E-state index contributed by atoms with van der Waals surface area (Å²) in [5, 5.41) is 19.8. The molecule has 0 fully saturated rings. The van der Waals surface area contributed by atoms with Crippen molar-refractivity contribution in [3.63, 3.8) is 0 Å². The van der Waals surface area contributed by atoms with Gasteiger partial charge in [-0.05, 0) is 23.6 Å². The predicted octanol–water partition coefficient (Wildman–Crippen LogP) is 3.25. The molecule has 0 aliphatic carbocycles. The van der Waals surface area contributed by atoms with Crippen molar-refractivity contribution in [1.82, 2.24) is 4.90 Å². The average molecular weight is 430 g/mol. The van der Waals surface area contributed by atoms with Crippen LogP contribution in [0.15, 0.2) is 65.9 Å². The summed E-state index contributed by atoms with van der Waals surface area (Å²) < 4.78 is 5.28. The molecule has 3 rings (SSSR count). The van der Waals surface area contributed by atoms with Gasteiger partial charge in [0.15, 0.2) is 11.5 Å². The molecule has 0 saturated carbocycles. The van der Waals surface area contributed by atoms with E-state index in [1.807, 2.05) is 30.3 Å². The molecule has 7 heteroatoms. The Morgan fingerprint density at radius 3 is 2.47 bits per heavy atom. The van der Waals surface area contributed by atoms with Gasteiger partial charge < -0.3 is 19.8 Å². The molecule has 158 valence electrons. The quantitative estimate of drug-likeness (QED) is 0.566. The first-order chi connectivity index (χ1) is 14.5. The molecule has 2 aromatic carbocycles. The van der Waals surface area contributed by atoms with E-state index in [9.17, 15) is 14.7 Å². The third-order valence-electron chi connectivity index (χ3n) is 5.00. The van der Waals surface area contributed by atoms with Gasteiger partial charge in [-0.25, -0.2) is 0 Å². The lowest BCUT2D eigenvalue weighted by atomic mass is 9.93. The molecule has 1 aliphatic rings. The van der Waals surface area contributed by atoms with Crippen molar-refractivity contribution in [3.8, 4) is 0 Å². The van der Waals surface area contributed by atoms with E-state index >= 15 is 0 Å². The Morgan fingerprint density at radius 2 is 1.77 bits per heavy atom. The second-order valence-electron chi connectivity index (χ2n) is 6.93. The molecule has 0 radical (unpaired) electrons. The standard InChI is InChI=1S/C23H24ClNO5/c24-18-9-5-4-8-17(18)21-20(19(27)11-10-16-6-2-1-3-7-16)22(28)23(29)25(21)12-14-30-15-13-26/h1-9,21,26,28H,10-15H2. The lowest BCUT2D eigenvalue weighted by molar-refractivity contribution is -0.130. The maximum Gasteiger partial charge on any atom is 0.290 e. The number of benzene rings is 2. The number of amides is 1. The van der Waals surface area contributed by atoms with E-state index in [0.717, 1.165) is 5.56 Å². The summed E-state index contributed by atoms with van der Waals surface area (Å²) in [6.45, 7) is 0.315. The van der Waals surface area contributed by atoms with Crippen LogP contribution in [0.5, 0.6) is 0 Å². The maximum absolute atomic E-state index is 13.1. The molecule has 0 aromatic heterocycles. The summed E-state index contributed by atoms with van der Waals surface area (Å²) in [4.78, 5) is 27.3. The number of aliphatic hydroxyl groups is 2. The number of aliphatic hydroxyl groups excluding tert-OH is 2. The molecule has 1 aliphatic heterocycles. The highest BCUT2D eigenvalue weighted by molar-refractivity contribution is 6.31. The van der Waals surface area contributed by atoms with Gasteiger partial charge in [0.25, 0.3) is 5.91 Å². The second-order valence-corrected chi connectivity index (χ2v) is 7.34. The van der Waals surface area contributed by atoms with E-state index in [4.69, 9.17) is 21.4 Å². The van der Waals surface area contributed by atoms with Crippen LogP contribution in [0, 0.1) is 0 Å². The molecular weight excluding hydrogens is 406 g/mol. The van der Waals surface area contributed by atoms with Gasteiger partial charge in [-0.15, -0.1) is 0 Å². The Morgan fingerprint density at radius 1 is 1.07 bits per heavy atom. The fraction of sp³-hybridized carbons (Fsp3) is 0.304. The zero-order valence-electron chi connectivity index (χ0n) is 16.5. The highest BCUT2D eigenvalue weighted by Crippen LogP contribution is 2.40. The van der Waals surface area contributed by atoms with Crippen LogP contribution in [0.2, 0.25) is 5.02 Å². The molecule has 1 atom stereocenters. The largest absolute Gasteiger partial charge is 0.503 e. The van der Waals surface area contributed by atoms with Crippen LogP contribution < -0.4 is 0 Å². The number of nitrogens with zero attached hydrogens (tertiary/aromatic N) is 1. The molecule has 0 spiro atoms. The van der Waals surface area contributed by atoms with E-state index in [1.165, 1.54) is 4.90 Å². The van der Waals surface area contributed by atoms with Gasteiger partial charge in [0.05, 0.1) is 31.4 Å². The smallest absolute Gasteiger partial charge is 0.290 e. The minimum atomic E-state index is -0.785. The van der Waals surface area contributed by atoms with Gasteiger partial charge in [-0.3, -0.25) is 9.59 Å². The van der Waals surface area contributed by atoms with E-state index in [1.54, 1.807) is 24.3 Å². The van der Waals surface area contributed by atoms with Crippen LogP contribution in [0.3, 0.4) is 0 Å². The van der Waals surface area contributed by atoms with Crippen LogP contribution in [-0.2, 0) is 20.7 Å². The number of ether oxygens (including phenoxy) is 1. The van der Waals surface area contributed by atoms with Gasteiger partial charge in [0.1, 0.15) is 0 Å². The second kappa shape index (κ2) is 10.4. The van der Waals surface area contributed by atoms with Crippen LogP contribution in [0.1, 0.15) is 23.6 Å². The summed E-state index contributed by atoms with van der Waals surface area (Å²) in [5.41, 5.74) is 1.63. The molecule has 30 heavy (non-hydrogen) atoms. The minimum Gasteiger partial charge on any atom is -0.503 e. The third kappa shape index (κ3) is 4.90. The molecule has 2 N–H and O–H groups in total. The van der Waals surface area contributed by atoms with Crippen molar-refractivity contribution < 1.29 is 24.5 Å². The van der Waals surface area contributed by atoms with E-state index in [-0.39, 0.29) is 44.1 Å². The van der Waals surface area contributed by atoms with E-state index in [0.29, 0.717) is 17.0 Å². The Bertz CT molecular complexity index is 928. The van der Waals surface area contributed by atoms with Gasteiger partial charge in [0.2, 0.25) is 0 Å². The number of rotatable bonds is 10. The van der Waals surface area contributed by atoms with Gasteiger partial charge in [-0.1, -0.05) is 60.1 Å². The van der Waals surface area contributed by atoms with Crippen LogP contribution in [0.4, 0.5) is 0 Å². The molecule has 6 nitrogen and oxygen atoms in total. The summed E-state index contributed by atoms with van der Waals surface area (Å²) in [5.74, 6) is -1.47. The SMILES string of the molecule is O=C(CCc1ccccc1)C1=C(O)C(=O)N(CCOCCO)C1c1ccccc1Cl. The molecule has 1 unspecified atom stereocenters. The van der Waals surface area contributed by atoms with Crippen LogP contribution >= 0.6 is 11.6 Å².